The van der Waals surface area contributed by atoms with Crippen LogP contribution in [0.25, 0.3) is 0 Å². The third kappa shape index (κ3) is 3.96. The fraction of sp³-hybridized carbons (Fsp3) is 0.714. The minimum Gasteiger partial charge on any atom is -0.393 e. The van der Waals surface area contributed by atoms with Crippen LogP contribution in [0.2, 0.25) is 0 Å². The van der Waals surface area contributed by atoms with Gasteiger partial charge in [0.25, 0.3) is 0 Å². The van der Waals surface area contributed by atoms with E-state index in [4.69, 9.17) is 0 Å². The van der Waals surface area contributed by atoms with Crippen LogP contribution in [0.4, 0.5) is 10.6 Å². The summed E-state index contributed by atoms with van der Waals surface area (Å²) in [5.41, 5.74) is 0. The molecule has 2 unspecified atom stereocenters. The number of aromatic nitrogens is 2. The maximum atomic E-state index is 11.9. The summed E-state index contributed by atoms with van der Waals surface area (Å²) in [6.07, 6.45) is 5.24. The SMILES string of the molecule is CC(C)n1nccc1NC(=O)NCC1CCCC(O)C1. The molecule has 3 N–H and O–H groups in total. The van der Waals surface area contributed by atoms with Crippen molar-refractivity contribution in [2.45, 2.75) is 51.7 Å². The van der Waals surface area contributed by atoms with Gasteiger partial charge in [-0.05, 0) is 39.0 Å². The van der Waals surface area contributed by atoms with E-state index in [0.717, 1.165) is 25.7 Å². The fourth-order valence-electron chi connectivity index (χ4n) is 2.67. The third-order valence-corrected chi connectivity index (χ3v) is 3.71. The Hall–Kier alpha value is -1.56. The van der Waals surface area contributed by atoms with E-state index in [-0.39, 0.29) is 18.2 Å². The number of aliphatic hydroxyl groups excluding tert-OH is 1. The van der Waals surface area contributed by atoms with E-state index in [2.05, 4.69) is 15.7 Å². The second-order valence-corrected chi connectivity index (χ2v) is 5.78. The molecule has 6 heteroatoms. The molecule has 1 heterocycles. The van der Waals surface area contributed by atoms with E-state index in [1.54, 1.807) is 16.9 Å². The summed E-state index contributed by atoms with van der Waals surface area (Å²) in [5.74, 6) is 1.07. The average molecular weight is 280 g/mol. The number of carbonyl (C=O) groups is 1. The molecule has 2 amide bonds. The maximum absolute atomic E-state index is 11.9. The molecule has 20 heavy (non-hydrogen) atoms. The number of anilines is 1. The van der Waals surface area contributed by atoms with Gasteiger partial charge in [0.2, 0.25) is 0 Å². The molecular weight excluding hydrogens is 256 g/mol. The van der Waals surface area contributed by atoms with Crippen LogP contribution >= 0.6 is 0 Å². The molecular formula is C14H24N4O2. The highest BCUT2D eigenvalue weighted by Crippen LogP contribution is 2.23. The quantitative estimate of drug-likeness (QED) is 0.790. The average Bonchev–Trinajstić information content (AvgIpc) is 2.85. The van der Waals surface area contributed by atoms with Crippen LogP contribution < -0.4 is 10.6 Å². The molecule has 2 rings (SSSR count). The van der Waals surface area contributed by atoms with Crippen LogP contribution in [0.3, 0.4) is 0 Å². The Morgan fingerprint density at radius 1 is 1.55 bits per heavy atom. The molecule has 1 aromatic rings. The number of hydrogen-bond donors (Lipinski definition) is 3. The van der Waals surface area contributed by atoms with Crippen molar-refractivity contribution in [1.82, 2.24) is 15.1 Å². The largest absolute Gasteiger partial charge is 0.393 e. The number of hydrogen-bond acceptors (Lipinski definition) is 3. The molecule has 0 aromatic carbocycles. The summed E-state index contributed by atoms with van der Waals surface area (Å²) in [6, 6.07) is 1.77. The van der Waals surface area contributed by atoms with E-state index in [9.17, 15) is 9.90 Å². The van der Waals surface area contributed by atoms with Crippen molar-refractivity contribution in [3.05, 3.63) is 12.3 Å². The van der Waals surface area contributed by atoms with Crippen LogP contribution in [0.15, 0.2) is 12.3 Å². The lowest BCUT2D eigenvalue weighted by Gasteiger charge is -2.25. The molecule has 0 aliphatic heterocycles. The molecule has 1 saturated carbocycles. The van der Waals surface area contributed by atoms with Crippen molar-refractivity contribution in [2.75, 3.05) is 11.9 Å². The van der Waals surface area contributed by atoms with Gasteiger partial charge in [0, 0.05) is 18.7 Å². The van der Waals surface area contributed by atoms with Crippen molar-refractivity contribution in [1.29, 1.82) is 0 Å². The van der Waals surface area contributed by atoms with Crippen molar-refractivity contribution in [2.24, 2.45) is 5.92 Å². The summed E-state index contributed by atoms with van der Waals surface area (Å²) < 4.78 is 1.77. The first-order chi connectivity index (χ1) is 9.56. The first-order valence-corrected chi connectivity index (χ1v) is 7.32. The Labute approximate surface area is 119 Å². The van der Waals surface area contributed by atoms with Crippen molar-refractivity contribution in [3.8, 4) is 0 Å². The zero-order valence-corrected chi connectivity index (χ0v) is 12.2. The van der Waals surface area contributed by atoms with Gasteiger partial charge in [-0.3, -0.25) is 5.32 Å². The minimum absolute atomic E-state index is 0.203. The highest BCUT2D eigenvalue weighted by Gasteiger charge is 2.20. The lowest BCUT2D eigenvalue weighted by atomic mass is 9.87. The predicted octanol–water partition coefficient (Wildman–Crippen LogP) is 2.14. The van der Waals surface area contributed by atoms with Gasteiger partial charge in [0.15, 0.2) is 0 Å². The zero-order valence-electron chi connectivity index (χ0n) is 12.2. The normalized spacial score (nSPS) is 22.8. The first-order valence-electron chi connectivity index (χ1n) is 7.32. The molecule has 6 nitrogen and oxygen atoms in total. The first kappa shape index (κ1) is 14.8. The Morgan fingerprint density at radius 3 is 3.05 bits per heavy atom. The van der Waals surface area contributed by atoms with Gasteiger partial charge in [-0.15, -0.1) is 0 Å². The Kier molecular flexibility index (Phi) is 5.00. The van der Waals surface area contributed by atoms with Gasteiger partial charge in [0.05, 0.1) is 12.3 Å². The molecule has 1 aromatic heterocycles. The van der Waals surface area contributed by atoms with E-state index in [0.29, 0.717) is 18.3 Å². The second-order valence-electron chi connectivity index (χ2n) is 5.78. The number of carbonyl (C=O) groups excluding carboxylic acids is 1. The number of nitrogens with zero attached hydrogens (tertiary/aromatic N) is 2. The van der Waals surface area contributed by atoms with Crippen molar-refractivity contribution in [3.63, 3.8) is 0 Å². The van der Waals surface area contributed by atoms with E-state index >= 15 is 0 Å². The minimum atomic E-state index is -0.215. The van der Waals surface area contributed by atoms with Gasteiger partial charge in [-0.1, -0.05) is 6.42 Å². The second kappa shape index (κ2) is 6.74. The molecule has 1 aliphatic carbocycles. The Bertz CT molecular complexity index is 444. The zero-order chi connectivity index (χ0) is 14.5. The fourth-order valence-corrected chi connectivity index (χ4v) is 2.67. The van der Waals surface area contributed by atoms with Crippen LogP contribution in [0.5, 0.6) is 0 Å². The standard InChI is InChI=1S/C14H24N4O2/c1-10(2)18-13(6-7-16-18)17-14(20)15-9-11-4-3-5-12(19)8-11/h6-7,10-12,19H,3-5,8-9H2,1-2H3,(H2,15,17,20). The van der Waals surface area contributed by atoms with Crippen LogP contribution in [-0.2, 0) is 0 Å². The number of amides is 2. The molecule has 112 valence electrons. The summed E-state index contributed by atoms with van der Waals surface area (Å²) >= 11 is 0. The van der Waals surface area contributed by atoms with Crippen molar-refractivity contribution < 1.29 is 9.90 Å². The molecule has 0 radical (unpaired) electrons. The highest BCUT2D eigenvalue weighted by molar-refractivity contribution is 5.88. The maximum Gasteiger partial charge on any atom is 0.320 e. The van der Waals surface area contributed by atoms with Gasteiger partial charge in [-0.2, -0.15) is 5.10 Å². The molecule has 2 atom stereocenters. The third-order valence-electron chi connectivity index (χ3n) is 3.71. The van der Waals surface area contributed by atoms with Crippen molar-refractivity contribution >= 4 is 11.8 Å². The van der Waals surface area contributed by atoms with E-state index < -0.39 is 0 Å². The molecule has 0 spiro atoms. The predicted molar refractivity (Wildman–Crippen MR) is 77.6 cm³/mol. The van der Waals surface area contributed by atoms with Gasteiger partial charge in [0.1, 0.15) is 5.82 Å². The summed E-state index contributed by atoms with van der Waals surface area (Å²) in [4.78, 5) is 11.9. The van der Waals surface area contributed by atoms with Crippen LogP contribution in [0, 0.1) is 5.92 Å². The summed E-state index contributed by atoms with van der Waals surface area (Å²) in [5, 5.41) is 19.5. The van der Waals surface area contributed by atoms with E-state index in [1.807, 2.05) is 13.8 Å². The summed E-state index contributed by atoms with van der Waals surface area (Å²) in [6.45, 7) is 4.64. The lowest BCUT2D eigenvalue weighted by Crippen LogP contribution is -2.36. The number of aliphatic hydroxyl groups is 1. The molecule has 0 saturated heterocycles. The van der Waals surface area contributed by atoms with Crippen LogP contribution in [0.1, 0.15) is 45.6 Å². The van der Waals surface area contributed by atoms with Gasteiger partial charge >= 0.3 is 6.03 Å². The van der Waals surface area contributed by atoms with Crippen LogP contribution in [-0.4, -0.2) is 33.6 Å². The van der Waals surface area contributed by atoms with E-state index in [1.165, 1.54) is 0 Å². The monoisotopic (exact) mass is 280 g/mol. The molecule has 1 aliphatic rings. The van der Waals surface area contributed by atoms with Gasteiger partial charge < -0.3 is 10.4 Å². The van der Waals surface area contributed by atoms with Gasteiger partial charge in [-0.25, -0.2) is 9.48 Å². The molecule has 0 bridgehead atoms. The number of urea groups is 1. The Morgan fingerprint density at radius 2 is 2.35 bits per heavy atom. The number of rotatable bonds is 4. The number of nitrogens with one attached hydrogen (secondary N) is 2. The smallest absolute Gasteiger partial charge is 0.320 e. The highest BCUT2D eigenvalue weighted by atomic mass is 16.3. The topological polar surface area (TPSA) is 79.2 Å². The molecule has 1 fully saturated rings. The summed E-state index contributed by atoms with van der Waals surface area (Å²) in [7, 11) is 0. The Balaban J connectivity index is 1.79. The lowest BCUT2D eigenvalue weighted by molar-refractivity contribution is 0.101.